The van der Waals surface area contributed by atoms with Crippen LogP contribution in [-0.4, -0.2) is 35.2 Å². The van der Waals surface area contributed by atoms with E-state index in [2.05, 4.69) is 5.32 Å². The van der Waals surface area contributed by atoms with Crippen molar-refractivity contribution in [3.63, 3.8) is 0 Å². The molecule has 3 unspecified atom stereocenters. The lowest BCUT2D eigenvalue weighted by atomic mass is 9.96. The highest BCUT2D eigenvalue weighted by Crippen LogP contribution is 2.31. The average Bonchev–Trinajstić information content (AvgIpc) is 2.76. The molecule has 3 nitrogen and oxygen atoms in total. The second-order valence-electron chi connectivity index (χ2n) is 4.96. The molecule has 16 heavy (non-hydrogen) atoms. The maximum atomic E-state index is 11.0. The van der Waals surface area contributed by atoms with Crippen LogP contribution in [0.15, 0.2) is 0 Å². The summed E-state index contributed by atoms with van der Waals surface area (Å²) in [6.45, 7) is 0.905. The Morgan fingerprint density at radius 1 is 1.31 bits per heavy atom. The summed E-state index contributed by atoms with van der Waals surface area (Å²) < 4.78 is 0. The van der Waals surface area contributed by atoms with Crippen LogP contribution >= 0.6 is 11.8 Å². The van der Waals surface area contributed by atoms with Crippen LogP contribution in [0.3, 0.4) is 0 Å². The predicted octanol–water partition coefficient (Wildman–Crippen LogP) is 1.97. The molecule has 92 valence electrons. The number of carboxylic acid groups (broad SMARTS) is 1. The van der Waals surface area contributed by atoms with Crippen molar-refractivity contribution in [3.05, 3.63) is 0 Å². The molecule has 2 N–H and O–H groups in total. The van der Waals surface area contributed by atoms with Crippen molar-refractivity contribution in [2.75, 3.05) is 18.1 Å². The smallest absolute Gasteiger partial charge is 0.306 e. The van der Waals surface area contributed by atoms with Gasteiger partial charge in [0.15, 0.2) is 0 Å². The summed E-state index contributed by atoms with van der Waals surface area (Å²) in [7, 11) is 0. The molecule has 1 saturated carbocycles. The number of nitrogens with one attached hydrogen (secondary N) is 1. The Hall–Kier alpha value is -0.220. The van der Waals surface area contributed by atoms with Gasteiger partial charge in [0.05, 0.1) is 5.92 Å². The summed E-state index contributed by atoms with van der Waals surface area (Å²) in [4.78, 5) is 11.0. The fraction of sp³-hybridized carbons (Fsp3) is 0.917. The summed E-state index contributed by atoms with van der Waals surface area (Å²) in [6.07, 6.45) is 5.61. The van der Waals surface area contributed by atoms with E-state index >= 15 is 0 Å². The molecular formula is C12H21NO2S. The fourth-order valence-corrected chi connectivity index (χ4v) is 3.93. The van der Waals surface area contributed by atoms with E-state index in [-0.39, 0.29) is 5.92 Å². The highest BCUT2D eigenvalue weighted by molar-refractivity contribution is 7.99. The molecule has 0 aromatic heterocycles. The van der Waals surface area contributed by atoms with Gasteiger partial charge in [0.25, 0.3) is 0 Å². The minimum atomic E-state index is -0.595. The van der Waals surface area contributed by atoms with Crippen molar-refractivity contribution in [1.82, 2.24) is 5.32 Å². The van der Waals surface area contributed by atoms with Gasteiger partial charge in [0.2, 0.25) is 0 Å². The molecular weight excluding hydrogens is 222 g/mol. The Bertz CT molecular complexity index is 241. The molecule has 1 heterocycles. The van der Waals surface area contributed by atoms with E-state index in [4.69, 9.17) is 5.11 Å². The Balaban J connectivity index is 1.73. The quantitative estimate of drug-likeness (QED) is 0.792. The molecule has 3 atom stereocenters. The third-order valence-electron chi connectivity index (χ3n) is 3.81. The first-order valence-electron chi connectivity index (χ1n) is 6.31. The van der Waals surface area contributed by atoms with Crippen molar-refractivity contribution >= 4 is 17.7 Å². The van der Waals surface area contributed by atoms with E-state index < -0.39 is 5.97 Å². The Morgan fingerprint density at radius 2 is 2.19 bits per heavy atom. The molecule has 2 aliphatic rings. The Labute approximate surface area is 101 Å². The molecule has 0 bridgehead atoms. The van der Waals surface area contributed by atoms with E-state index in [9.17, 15) is 4.79 Å². The normalized spacial score (nSPS) is 35.1. The highest BCUT2D eigenvalue weighted by Gasteiger charge is 2.32. The first-order valence-corrected chi connectivity index (χ1v) is 7.47. The van der Waals surface area contributed by atoms with Crippen LogP contribution < -0.4 is 5.32 Å². The van der Waals surface area contributed by atoms with Crippen LogP contribution in [0.1, 0.15) is 32.1 Å². The molecule has 1 aliphatic heterocycles. The van der Waals surface area contributed by atoms with Crippen LogP contribution in [-0.2, 0) is 4.79 Å². The lowest BCUT2D eigenvalue weighted by Gasteiger charge is -2.25. The van der Waals surface area contributed by atoms with Gasteiger partial charge in [-0.05, 0) is 43.9 Å². The number of rotatable bonds is 4. The Kier molecular flexibility index (Phi) is 4.53. The van der Waals surface area contributed by atoms with Crippen molar-refractivity contribution in [2.45, 2.75) is 38.1 Å². The van der Waals surface area contributed by atoms with Crippen LogP contribution in [0.4, 0.5) is 0 Å². The lowest BCUT2D eigenvalue weighted by Crippen LogP contribution is -2.38. The van der Waals surface area contributed by atoms with Crippen molar-refractivity contribution < 1.29 is 9.90 Å². The minimum Gasteiger partial charge on any atom is -0.481 e. The van der Waals surface area contributed by atoms with Crippen molar-refractivity contribution in [3.8, 4) is 0 Å². The maximum absolute atomic E-state index is 11.0. The molecule has 1 aliphatic carbocycles. The number of hydrogen-bond donors (Lipinski definition) is 2. The number of thioether (sulfide) groups is 1. The topological polar surface area (TPSA) is 49.3 Å². The number of hydrogen-bond acceptors (Lipinski definition) is 3. The van der Waals surface area contributed by atoms with E-state index in [1.54, 1.807) is 0 Å². The van der Waals surface area contributed by atoms with E-state index in [1.807, 2.05) is 11.8 Å². The third kappa shape index (κ3) is 3.14. The van der Waals surface area contributed by atoms with Crippen LogP contribution in [0.5, 0.6) is 0 Å². The van der Waals surface area contributed by atoms with E-state index in [0.29, 0.717) is 12.0 Å². The van der Waals surface area contributed by atoms with Gasteiger partial charge in [0, 0.05) is 11.8 Å². The van der Waals surface area contributed by atoms with Gasteiger partial charge in [-0.15, -0.1) is 0 Å². The number of carbonyl (C=O) groups is 1. The standard InChI is InChI=1S/C12H21NO2S/c14-12(15)11-5-1-3-9(11)7-13-10-4-2-6-16-8-10/h9-11,13H,1-8H2,(H,14,15). The lowest BCUT2D eigenvalue weighted by molar-refractivity contribution is -0.142. The van der Waals surface area contributed by atoms with Crippen LogP contribution in [0.25, 0.3) is 0 Å². The predicted molar refractivity (Wildman–Crippen MR) is 66.8 cm³/mol. The minimum absolute atomic E-state index is 0.0938. The summed E-state index contributed by atoms with van der Waals surface area (Å²) in [5.74, 6) is 2.17. The number of aliphatic carboxylic acids is 1. The molecule has 2 rings (SSSR count). The second-order valence-corrected chi connectivity index (χ2v) is 6.11. The molecule has 0 radical (unpaired) electrons. The zero-order chi connectivity index (χ0) is 11.4. The first kappa shape index (κ1) is 12.2. The molecule has 4 heteroatoms. The summed E-state index contributed by atoms with van der Waals surface area (Å²) in [5, 5.41) is 12.7. The van der Waals surface area contributed by atoms with Gasteiger partial charge >= 0.3 is 5.97 Å². The SMILES string of the molecule is O=C(O)C1CCCC1CNC1CCCSC1. The van der Waals surface area contributed by atoms with E-state index in [0.717, 1.165) is 25.8 Å². The average molecular weight is 243 g/mol. The molecule has 0 aromatic carbocycles. The number of carboxylic acids is 1. The first-order chi connectivity index (χ1) is 7.77. The molecule has 0 spiro atoms. The van der Waals surface area contributed by atoms with Gasteiger partial charge in [-0.3, -0.25) is 4.79 Å². The molecule has 1 saturated heterocycles. The zero-order valence-electron chi connectivity index (χ0n) is 9.65. The molecule has 0 amide bonds. The zero-order valence-corrected chi connectivity index (χ0v) is 10.5. The largest absolute Gasteiger partial charge is 0.481 e. The molecule has 0 aromatic rings. The second kappa shape index (κ2) is 5.92. The molecule has 2 fully saturated rings. The van der Waals surface area contributed by atoms with Gasteiger partial charge in [-0.2, -0.15) is 11.8 Å². The highest BCUT2D eigenvalue weighted by atomic mass is 32.2. The summed E-state index contributed by atoms with van der Waals surface area (Å²) >= 11 is 2.01. The Morgan fingerprint density at radius 3 is 2.88 bits per heavy atom. The van der Waals surface area contributed by atoms with Crippen molar-refractivity contribution in [2.24, 2.45) is 11.8 Å². The van der Waals surface area contributed by atoms with Crippen LogP contribution in [0, 0.1) is 11.8 Å². The van der Waals surface area contributed by atoms with E-state index in [1.165, 1.54) is 24.3 Å². The van der Waals surface area contributed by atoms with Gasteiger partial charge in [-0.25, -0.2) is 0 Å². The van der Waals surface area contributed by atoms with Gasteiger partial charge in [-0.1, -0.05) is 6.42 Å². The summed E-state index contributed by atoms with van der Waals surface area (Å²) in [6, 6.07) is 0.619. The maximum Gasteiger partial charge on any atom is 0.306 e. The summed E-state index contributed by atoms with van der Waals surface area (Å²) in [5.41, 5.74) is 0. The fourth-order valence-electron chi connectivity index (χ4n) is 2.83. The van der Waals surface area contributed by atoms with Gasteiger partial charge < -0.3 is 10.4 Å². The third-order valence-corrected chi connectivity index (χ3v) is 5.02. The van der Waals surface area contributed by atoms with Gasteiger partial charge in [0.1, 0.15) is 0 Å². The van der Waals surface area contributed by atoms with Crippen molar-refractivity contribution in [1.29, 1.82) is 0 Å². The monoisotopic (exact) mass is 243 g/mol. The van der Waals surface area contributed by atoms with Crippen LogP contribution in [0.2, 0.25) is 0 Å².